The summed E-state index contributed by atoms with van der Waals surface area (Å²) in [5.41, 5.74) is -2.06. The number of aliphatic hydroxyl groups excluding tert-OH is 1. The Labute approximate surface area is 281 Å². The van der Waals surface area contributed by atoms with Crippen LogP contribution in [0.3, 0.4) is 0 Å². The largest absolute Gasteiger partial charge is 0.494 e. The molecule has 3 aliphatic heterocycles. The highest BCUT2D eigenvalue weighted by Gasteiger charge is 2.80. The van der Waals surface area contributed by atoms with E-state index >= 15 is 4.79 Å². The highest BCUT2D eigenvalue weighted by Crippen LogP contribution is 2.65. The first-order valence-corrected chi connectivity index (χ1v) is 17.2. The fraction of sp³-hybridized carbons (Fsp3) is 0.658. The third-order valence-corrected chi connectivity index (χ3v) is 10.4. The minimum atomic E-state index is -1.17. The number of amides is 3. The van der Waals surface area contributed by atoms with Gasteiger partial charge in [0.1, 0.15) is 17.4 Å². The second kappa shape index (κ2) is 13.7. The number of unbranched alkanes of at least 4 members (excludes halogenated alkanes) is 1. The van der Waals surface area contributed by atoms with Crippen LogP contribution < -0.4 is 9.64 Å². The van der Waals surface area contributed by atoms with Gasteiger partial charge in [-0.1, -0.05) is 39.8 Å². The number of nitrogens with zero attached hydrogens (tertiary/aromatic N) is 3. The molecule has 9 nitrogen and oxygen atoms in total. The van der Waals surface area contributed by atoms with E-state index in [9.17, 15) is 14.7 Å². The number of carbonyl (C=O) groups excluding carboxylic acids is 3. The standard InChI is InChI=1S/C38H57N3O6/c1-11-20-39(27-16-18-28(19-17-27)46-13-3)32(43)29-30-33(44)40(22-14-15-23-42)31(38(30)24-26(4)37(29,10)47-38)34(45)41(21-12-2)36(8,9)25-35(5,6)7/h11-12,16-19,26,29-31,42H,1-2,13-15,20-25H2,3-10H3/t26?,29-,30+,31?,37+,38?/m1/s1. The van der Waals surface area contributed by atoms with E-state index < -0.39 is 34.6 Å². The average Bonchev–Trinajstić information content (AvgIpc) is 3.50. The Balaban J connectivity index is 1.82. The molecule has 4 rings (SSSR count). The topological polar surface area (TPSA) is 99.6 Å². The van der Waals surface area contributed by atoms with Crippen LogP contribution in [0, 0.1) is 23.2 Å². The summed E-state index contributed by atoms with van der Waals surface area (Å²) in [5, 5.41) is 9.59. The molecule has 0 aromatic heterocycles. The van der Waals surface area contributed by atoms with Crippen molar-refractivity contribution in [2.45, 2.75) is 104 Å². The molecule has 1 aromatic carbocycles. The van der Waals surface area contributed by atoms with Gasteiger partial charge < -0.3 is 29.3 Å². The maximum atomic E-state index is 15.0. The molecule has 47 heavy (non-hydrogen) atoms. The van der Waals surface area contributed by atoms with Crippen LogP contribution in [0.15, 0.2) is 49.6 Å². The summed E-state index contributed by atoms with van der Waals surface area (Å²) >= 11 is 0. The maximum absolute atomic E-state index is 15.0. The zero-order chi connectivity index (χ0) is 34.9. The molecule has 3 fully saturated rings. The Hall–Kier alpha value is -3.17. The van der Waals surface area contributed by atoms with Crippen molar-refractivity contribution >= 4 is 23.4 Å². The zero-order valence-corrected chi connectivity index (χ0v) is 29.9. The van der Waals surface area contributed by atoms with Crippen LogP contribution in [-0.4, -0.2) is 88.3 Å². The molecule has 3 heterocycles. The van der Waals surface area contributed by atoms with E-state index in [1.807, 2.05) is 43.0 Å². The quantitative estimate of drug-likeness (QED) is 0.195. The van der Waals surface area contributed by atoms with Crippen LogP contribution in [0.2, 0.25) is 0 Å². The van der Waals surface area contributed by atoms with Crippen LogP contribution in [0.1, 0.15) is 81.1 Å². The van der Waals surface area contributed by atoms with E-state index in [2.05, 4.69) is 54.7 Å². The lowest BCUT2D eigenvalue weighted by Crippen LogP contribution is -2.61. The smallest absolute Gasteiger partial charge is 0.249 e. The Morgan fingerprint density at radius 3 is 2.28 bits per heavy atom. The van der Waals surface area contributed by atoms with Crippen molar-refractivity contribution in [1.29, 1.82) is 0 Å². The van der Waals surface area contributed by atoms with Crippen molar-refractivity contribution in [1.82, 2.24) is 9.80 Å². The van der Waals surface area contributed by atoms with Crippen molar-refractivity contribution in [3.05, 3.63) is 49.6 Å². The number of likely N-dealkylation sites (tertiary alicyclic amines) is 1. The lowest BCUT2D eigenvalue weighted by molar-refractivity contribution is -0.156. The summed E-state index contributed by atoms with van der Waals surface area (Å²) in [4.78, 5) is 49.8. The van der Waals surface area contributed by atoms with Gasteiger partial charge in [-0.05, 0) is 89.0 Å². The normalized spacial score (nSPS) is 28.3. The van der Waals surface area contributed by atoms with E-state index in [1.165, 1.54) is 0 Å². The molecular weight excluding hydrogens is 594 g/mol. The molecular formula is C38H57N3O6. The van der Waals surface area contributed by atoms with Crippen LogP contribution in [0.5, 0.6) is 5.75 Å². The van der Waals surface area contributed by atoms with Crippen molar-refractivity contribution in [2.24, 2.45) is 23.2 Å². The highest BCUT2D eigenvalue weighted by molar-refractivity contribution is 6.03. The van der Waals surface area contributed by atoms with Crippen molar-refractivity contribution in [3.63, 3.8) is 0 Å². The fourth-order valence-electron chi connectivity index (χ4n) is 8.84. The van der Waals surface area contributed by atoms with Crippen molar-refractivity contribution in [3.8, 4) is 5.75 Å². The van der Waals surface area contributed by atoms with Gasteiger partial charge in [0.25, 0.3) is 0 Å². The van der Waals surface area contributed by atoms with Crippen LogP contribution in [0.25, 0.3) is 0 Å². The first-order chi connectivity index (χ1) is 22.0. The number of rotatable bonds is 15. The van der Waals surface area contributed by atoms with Gasteiger partial charge in [-0.3, -0.25) is 14.4 Å². The van der Waals surface area contributed by atoms with Gasteiger partial charge in [0.05, 0.1) is 24.0 Å². The molecule has 3 aliphatic rings. The number of ether oxygens (including phenoxy) is 2. The predicted molar refractivity (Wildman–Crippen MR) is 185 cm³/mol. The molecule has 0 radical (unpaired) electrons. The summed E-state index contributed by atoms with van der Waals surface area (Å²) in [6, 6.07) is 6.44. The third kappa shape index (κ3) is 6.62. The number of carbonyl (C=O) groups is 3. The van der Waals surface area contributed by atoms with E-state index in [1.54, 1.807) is 22.0 Å². The first kappa shape index (κ1) is 36.7. The van der Waals surface area contributed by atoms with Gasteiger partial charge in [-0.15, -0.1) is 13.2 Å². The minimum absolute atomic E-state index is 0.0122. The second-order valence-electron chi connectivity index (χ2n) is 15.6. The lowest BCUT2D eigenvalue weighted by atomic mass is 9.62. The first-order valence-electron chi connectivity index (χ1n) is 17.2. The lowest BCUT2D eigenvalue weighted by Gasteiger charge is -2.45. The SMILES string of the molecule is C=CCN(C(=O)[C@H]1[C@H]2C(=O)N(CCCCO)C(C(=O)N(CC=C)C(C)(C)CC(C)(C)C)C23CC(C)[C@]1(C)O3)c1ccc(OCC)cc1. The van der Waals surface area contributed by atoms with Crippen molar-refractivity contribution < 1.29 is 29.0 Å². The molecule has 260 valence electrons. The van der Waals surface area contributed by atoms with E-state index in [4.69, 9.17) is 9.47 Å². The van der Waals surface area contributed by atoms with Crippen LogP contribution in [0.4, 0.5) is 5.69 Å². The molecule has 1 spiro atoms. The van der Waals surface area contributed by atoms with Crippen molar-refractivity contribution in [2.75, 3.05) is 37.7 Å². The number of anilines is 1. The number of hydrogen-bond donors (Lipinski definition) is 1. The summed E-state index contributed by atoms with van der Waals surface area (Å²) in [6.07, 6.45) is 5.66. The average molecular weight is 652 g/mol. The van der Waals surface area contributed by atoms with Crippen LogP contribution in [-0.2, 0) is 19.1 Å². The van der Waals surface area contributed by atoms with Gasteiger partial charge in [-0.2, -0.15) is 0 Å². The Kier molecular flexibility index (Phi) is 10.7. The maximum Gasteiger partial charge on any atom is 0.249 e. The molecule has 1 aromatic rings. The van der Waals surface area contributed by atoms with Gasteiger partial charge in [0.15, 0.2) is 0 Å². The Bertz CT molecular complexity index is 1340. The van der Waals surface area contributed by atoms with Gasteiger partial charge in [-0.25, -0.2) is 0 Å². The van der Waals surface area contributed by atoms with E-state index in [-0.39, 0.29) is 42.2 Å². The summed E-state index contributed by atoms with van der Waals surface area (Å²) < 4.78 is 12.7. The number of hydrogen-bond acceptors (Lipinski definition) is 6. The Morgan fingerprint density at radius 1 is 1.09 bits per heavy atom. The molecule has 6 atom stereocenters. The molecule has 1 N–H and O–H groups in total. The Morgan fingerprint density at radius 2 is 1.72 bits per heavy atom. The summed E-state index contributed by atoms with van der Waals surface area (Å²) in [7, 11) is 0. The molecule has 3 unspecified atom stereocenters. The van der Waals surface area contributed by atoms with E-state index in [0.717, 1.165) is 6.42 Å². The second-order valence-corrected chi connectivity index (χ2v) is 15.6. The molecule has 3 amide bonds. The molecule has 2 bridgehead atoms. The third-order valence-electron chi connectivity index (χ3n) is 10.4. The molecule has 9 heteroatoms. The molecule has 3 saturated heterocycles. The van der Waals surface area contributed by atoms with Gasteiger partial charge in [0.2, 0.25) is 17.7 Å². The monoisotopic (exact) mass is 651 g/mol. The minimum Gasteiger partial charge on any atom is -0.494 e. The predicted octanol–water partition coefficient (Wildman–Crippen LogP) is 5.62. The summed E-state index contributed by atoms with van der Waals surface area (Å²) in [5.74, 6) is -1.65. The number of fused-ring (bicyclic) bond motifs is 1. The van der Waals surface area contributed by atoms with Crippen LogP contribution >= 0.6 is 0 Å². The number of benzene rings is 1. The molecule has 0 saturated carbocycles. The van der Waals surface area contributed by atoms with Gasteiger partial charge in [0, 0.05) is 37.5 Å². The molecule has 0 aliphatic carbocycles. The van der Waals surface area contributed by atoms with E-state index in [0.29, 0.717) is 50.4 Å². The fourth-order valence-corrected chi connectivity index (χ4v) is 8.84. The number of aliphatic hydroxyl groups is 1. The summed E-state index contributed by atoms with van der Waals surface area (Å²) in [6.45, 7) is 25.8. The zero-order valence-electron chi connectivity index (χ0n) is 29.9. The van der Waals surface area contributed by atoms with Gasteiger partial charge >= 0.3 is 0 Å². The highest BCUT2D eigenvalue weighted by atomic mass is 16.5.